The van der Waals surface area contributed by atoms with Gasteiger partial charge in [0.1, 0.15) is 0 Å². The lowest BCUT2D eigenvalue weighted by molar-refractivity contribution is 0.542. The van der Waals surface area contributed by atoms with Crippen molar-refractivity contribution in [1.29, 1.82) is 0 Å². The maximum Gasteiger partial charge on any atom is 0.170 e. The molecule has 0 bridgehead atoms. The number of rotatable bonds is 7. The van der Waals surface area contributed by atoms with Gasteiger partial charge in [0.2, 0.25) is 0 Å². The van der Waals surface area contributed by atoms with Crippen molar-refractivity contribution < 1.29 is 0 Å². The molecule has 0 fully saturated rings. The van der Waals surface area contributed by atoms with Crippen LogP contribution in [0.1, 0.15) is 19.8 Å². The van der Waals surface area contributed by atoms with Gasteiger partial charge in [0.15, 0.2) is 10.2 Å². The molecule has 132 valence electrons. The van der Waals surface area contributed by atoms with Crippen molar-refractivity contribution in [3.8, 4) is 0 Å². The quantitative estimate of drug-likeness (QED) is 0.548. The Kier molecular flexibility index (Phi) is 8.15. The van der Waals surface area contributed by atoms with Crippen LogP contribution in [0.3, 0.4) is 0 Å². The van der Waals surface area contributed by atoms with Gasteiger partial charge < -0.3 is 21.3 Å². The van der Waals surface area contributed by atoms with Crippen LogP contribution in [0, 0.1) is 0 Å². The molecule has 1 atom stereocenters. The van der Waals surface area contributed by atoms with E-state index >= 15 is 0 Å². The largest absolute Gasteiger partial charge is 0.362 e. The summed E-state index contributed by atoms with van der Waals surface area (Å²) in [5, 5.41) is 14.2. The predicted molar refractivity (Wildman–Crippen MR) is 115 cm³/mol. The van der Waals surface area contributed by atoms with Crippen molar-refractivity contribution in [2.45, 2.75) is 25.8 Å². The number of hydrogen-bond acceptors (Lipinski definition) is 2. The summed E-state index contributed by atoms with van der Waals surface area (Å²) in [7, 11) is 0. The molecule has 0 spiro atoms. The molecule has 0 radical (unpaired) electrons. The van der Waals surface area contributed by atoms with E-state index in [0.717, 1.165) is 30.8 Å². The Hall–Kier alpha value is -2.18. The first kappa shape index (κ1) is 19.1. The summed E-state index contributed by atoms with van der Waals surface area (Å²) < 4.78 is 0. The van der Waals surface area contributed by atoms with E-state index in [9.17, 15) is 0 Å². The molecule has 2 aromatic carbocycles. The molecule has 0 aromatic heterocycles. The molecule has 0 heterocycles. The van der Waals surface area contributed by atoms with Gasteiger partial charge >= 0.3 is 0 Å². The Morgan fingerprint density at radius 1 is 0.840 bits per heavy atom. The van der Waals surface area contributed by atoms with Gasteiger partial charge in [-0.25, -0.2) is 0 Å². The molecule has 0 aliphatic rings. The highest BCUT2D eigenvalue weighted by Gasteiger charge is 2.08. The lowest BCUT2D eigenvalue weighted by Crippen LogP contribution is -2.40. The average molecular weight is 373 g/mol. The first-order valence-electron chi connectivity index (χ1n) is 8.40. The van der Waals surface area contributed by atoms with Crippen LogP contribution in [0.5, 0.6) is 0 Å². The fourth-order valence-electron chi connectivity index (χ4n) is 2.31. The van der Waals surface area contributed by atoms with Crippen LogP contribution in [0.2, 0.25) is 0 Å². The van der Waals surface area contributed by atoms with Crippen molar-refractivity contribution in [2.75, 3.05) is 17.2 Å². The summed E-state index contributed by atoms with van der Waals surface area (Å²) in [5.41, 5.74) is 1.97. The lowest BCUT2D eigenvalue weighted by Gasteiger charge is -2.20. The highest BCUT2D eigenvalue weighted by Crippen LogP contribution is 2.06. The smallest absolute Gasteiger partial charge is 0.170 e. The van der Waals surface area contributed by atoms with Crippen LogP contribution in [0.15, 0.2) is 60.7 Å². The minimum Gasteiger partial charge on any atom is -0.362 e. The number of benzene rings is 2. The molecule has 0 amide bonds. The van der Waals surface area contributed by atoms with Gasteiger partial charge in [-0.15, -0.1) is 0 Å². The number of thiocarbonyl (C=S) groups is 2. The third-order valence-corrected chi connectivity index (χ3v) is 4.14. The lowest BCUT2D eigenvalue weighted by atomic mass is 10.1. The third kappa shape index (κ3) is 7.49. The van der Waals surface area contributed by atoms with Crippen LogP contribution in [0.4, 0.5) is 11.4 Å². The van der Waals surface area contributed by atoms with Gasteiger partial charge in [0, 0.05) is 24.0 Å². The minimum absolute atomic E-state index is 0.288. The summed E-state index contributed by atoms with van der Waals surface area (Å²) in [6, 6.07) is 20.1. The van der Waals surface area contributed by atoms with E-state index in [2.05, 4.69) is 28.2 Å². The molecule has 0 aliphatic carbocycles. The van der Waals surface area contributed by atoms with E-state index in [1.165, 1.54) is 0 Å². The van der Waals surface area contributed by atoms with Crippen molar-refractivity contribution in [3.63, 3.8) is 0 Å². The monoisotopic (exact) mass is 372 g/mol. The Balaban J connectivity index is 1.69. The van der Waals surface area contributed by atoms with E-state index in [4.69, 9.17) is 24.4 Å². The summed E-state index contributed by atoms with van der Waals surface area (Å²) in [5.74, 6) is 0. The second-order valence-corrected chi connectivity index (χ2v) is 6.42. The van der Waals surface area contributed by atoms with Gasteiger partial charge in [0.25, 0.3) is 0 Å². The Morgan fingerprint density at radius 3 is 1.88 bits per heavy atom. The molecule has 4 nitrogen and oxygen atoms in total. The molecular formula is C19H24N4S2. The minimum atomic E-state index is 0.288. The van der Waals surface area contributed by atoms with E-state index in [1.54, 1.807) is 0 Å². The average Bonchev–Trinajstić information content (AvgIpc) is 2.62. The number of nitrogens with one attached hydrogen (secondary N) is 4. The normalized spacial score (nSPS) is 11.2. The summed E-state index contributed by atoms with van der Waals surface area (Å²) >= 11 is 10.7. The molecule has 0 saturated carbocycles. The van der Waals surface area contributed by atoms with Crippen LogP contribution in [-0.2, 0) is 0 Å². The van der Waals surface area contributed by atoms with E-state index in [-0.39, 0.29) is 6.04 Å². The second kappa shape index (κ2) is 10.6. The van der Waals surface area contributed by atoms with Gasteiger partial charge in [-0.2, -0.15) is 0 Å². The Bertz CT molecular complexity index is 662. The van der Waals surface area contributed by atoms with E-state index in [0.29, 0.717) is 10.2 Å². The maximum atomic E-state index is 5.39. The van der Waals surface area contributed by atoms with Crippen molar-refractivity contribution >= 4 is 46.0 Å². The van der Waals surface area contributed by atoms with Crippen LogP contribution >= 0.6 is 24.4 Å². The van der Waals surface area contributed by atoms with Gasteiger partial charge in [-0.05, 0) is 61.5 Å². The summed E-state index contributed by atoms with van der Waals surface area (Å²) in [4.78, 5) is 0. The third-order valence-electron chi connectivity index (χ3n) is 3.67. The fourth-order valence-corrected chi connectivity index (χ4v) is 2.81. The molecule has 1 unspecified atom stereocenters. The van der Waals surface area contributed by atoms with Gasteiger partial charge in [0.05, 0.1) is 0 Å². The number of para-hydroxylation sites is 2. The molecule has 2 aromatic rings. The highest BCUT2D eigenvalue weighted by molar-refractivity contribution is 7.80. The van der Waals surface area contributed by atoms with Crippen LogP contribution in [-0.4, -0.2) is 22.8 Å². The second-order valence-electron chi connectivity index (χ2n) is 5.61. The number of anilines is 2. The maximum absolute atomic E-state index is 5.39. The van der Waals surface area contributed by atoms with Crippen LogP contribution < -0.4 is 21.3 Å². The van der Waals surface area contributed by atoms with Gasteiger partial charge in [-0.1, -0.05) is 43.3 Å². The molecule has 2 rings (SSSR count). The van der Waals surface area contributed by atoms with Crippen molar-refractivity contribution in [2.24, 2.45) is 0 Å². The first-order valence-corrected chi connectivity index (χ1v) is 9.21. The number of hydrogen-bond donors (Lipinski definition) is 4. The molecule has 4 N–H and O–H groups in total. The molecule has 6 heteroatoms. The molecule has 25 heavy (non-hydrogen) atoms. The Morgan fingerprint density at radius 2 is 1.36 bits per heavy atom. The fraction of sp³-hybridized carbons (Fsp3) is 0.263. The van der Waals surface area contributed by atoms with Gasteiger partial charge in [-0.3, -0.25) is 0 Å². The summed E-state index contributed by atoms with van der Waals surface area (Å²) in [6.07, 6.45) is 1.90. The standard InChI is InChI=1S/C19H24N4S2/c1-2-15(21-19(25)23-17-11-7-4-8-12-17)13-14-20-18(24)22-16-9-5-3-6-10-16/h3-12,15H,2,13-14H2,1H3,(H2,20,22,24)(H2,21,23,25). The SMILES string of the molecule is CCC(CCNC(=S)Nc1ccccc1)NC(=S)Nc1ccccc1. The van der Waals surface area contributed by atoms with Crippen molar-refractivity contribution in [1.82, 2.24) is 10.6 Å². The molecule has 0 saturated heterocycles. The van der Waals surface area contributed by atoms with E-state index in [1.807, 2.05) is 60.7 Å². The zero-order chi connectivity index (χ0) is 17.9. The van der Waals surface area contributed by atoms with Crippen molar-refractivity contribution in [3.05, 3.63) is 60.7 Å². The Labute approximate surface area is 160 Å². The molecular weight excluding hydrogens is 348 g/mol. The first-order chi connectivity index (χ1) is 12.2. The van der Waals surface area contributed by atoms with Crippen LogP contribution in [0.25, 0.3) is 0 Å². The zero-order valence-corrected chi connectivity index (χ0v) is 15.9. The summed E-state index contributed by atoms with van der Waals surface area (Å²) in [6.45, 7) is 2.92. The predicted octanol–water partition coefficient (Wildman–Crippen LogP) is 4.13. The topological polar surface area (TPSA) is 48.1 Å². The zero-order valence-electron chi connectivity index (χ0n) is 14.3. The van der Waals surface area contributed by atoms with E-state index < -0.39 is 0 Å². The highest BCUT2D eigenvalue weighted by atomic mass is 32.1. The molecule has 0 aliphatic heterocycles.